The number of nitrogens with zero attached hydrogens (tertiary/aromatic N) is 4. The van der Waals surface area contributed by atoms with Crippen LogP contribution in [0.1, 0.15) is 21.7 Å². The smallest absolute Gasteiger partial charge is 0.251 e. The molecule has 2 heterocycles. The minimum absolute atomic E-state index is 0.0819. The first-order chi connectivity index (χ1) is 12.1. The Kier molecular flexibility index (Phi) is 5.03. The number of aromatic nitrogens is 4. The van der Waals surface area contributed by atoms with Gasteiger partial charge in [-0.15, -0.1) is 0 Å². The molecule has 0 saturated carbocycles. The SMILES string of the molecule is Cc1cccc(C(=O)NCCNc2cc(-n3cccn3)nc(C)n2)c1. The number of nitrogens with one attached hydrogen (secondary N) is 2. The molecule has 7 nitrogen and oxygen atoms in total. The van der Waals surface area contributed by atoms with E-state index in [2.05, 4.69) is 25.7 Å². The van der Waals surface area contributed by atoms with E-state index in [0.29, 0.717) is 36.1 Å². The van der Waals surface area contributed by atoms with Crippen molar-refractivity contribution in [1.82, 2.24) is 25.1 Å². The van der Waals surface area contributed by atoms with Crippen molar-refractivity contribution in [1.29, 1.82) is 0 Å². The molecule has 0 unspecified atom stereocenters. The Bertz CT molecular complexity index is 860. The molecule has 1 aromatic carbocycles. The fourth-order valence-electron chi connectivity index (χ4n) is 2.42. The molecule has 0 radical (unpaired) electrons. The molecule has 25 heavy (non-hydrogen) atoms. The van der Waals surface area contributed by atoms with Crippen LogP contribution in [0.4, 0.5) is 5.82 Å². The molecule has 1 amide bonds. The summed E-state index contributed by atoms with van der Waals surface area (Å²) in [6, 6.07) is 11.2. The van der Waals surface area contributed by atoms with E-state index in [-0.39, 0.29) is 5.91 Å². The summed E-state index contributed by atoms with van der Waals surface area (Å²) < 4.78 is 1.68. The van der Waals surface area contributed by atoms with Crippen LogP contribution in [0.2, 0.25) is 0 Å². The summed E-state index contributed by atoms with van der Waals surface area (Å²) in [6.07, 6.45) is 3.53. The van der Waals surface area contributed by atoms with Gasteiger partial charge >= 0.3 is 0 Å². The monoisotopic (exact) mass is 336 g/mol. The highest BCUT2D eigenvalue weighted by Crippen LogP contribution is 2.09. The second-order valence-electron chi connectivity index (χ2n) is 5.66. The van der Waals surface area contributed by atoms with Gasteiger partial charge in [0, 0.05) is 37.1 Å². The summed E-state index contributed by atoms with van der Waals surface area (Å²) in [5, 5.41) is 10.3. The van der Waals surface area contributed by atoms with E-state index in [4.69, 9.17) is 0 Å². The molecule has 0 aliphatic carbocycles. The number of hydrogen-bond donors (Lipinski definition) is 2. The van der Waals surface area contributed by atoms with E-state index in [0.717, 1.165) is 5.56 Å². The lowest BCUT2D eigenvalue weighted by Gasteiger charge is -2.10. The van der Waals surface area contributed by atoms with Crippen molar-refractivity contribution < 1.29 is 4.79 Å². The highest BCUT2D eigenvalue weighted by Gasteiger charge is 2.06. The van der Waals surface area contributed by atoms with Crippen LogP contribution in [-0.4, -0.2) is 38.7 Å². The molecule has 0 spiro atoms. The van der Waals surface area contributed by atoms with Crippen molar-refractivity contribution in [3.05, 3.63) is 65.7 Å². The first-order valence-electron chi connectivity index (χ1n) is 8.06. The number of rotatable bonds is 6. The Morgan fingerprint density at radius 2 is 2.00 bits per heavy atom. The van der Waals surface area contributed by atoms with Gasteiger partial charge in [0.2, 0.25) is 0 Å². The quantitative estimate of drug-likeness (QED) is 0.674. The highest BCUT2D eigenvalue weighted by atomic mass is 16.1. The van der Waals surface area contributed by atoms with Crippen LogP contribution in [0.5, 0.6) is 0 Å². The first kappa shape index (κ1) is 16.6. The number of aryl methyl sites for hydroxylation is 2. The molecular formula is C18H20N6O. The summed E-state index contributed by atoms with van der Waals surface area (Å²) in [5.41, 5.74) is 1.73. The van der Waals surface area contributed by atoms with Gasteiger partial charge in [-0.05, 0) is 32.0 Å². The lowest BCUT2D eigenvalue weighted by molar-refractivity contribution is 0.0955. The second-order valence-corrected chi connectivity index (χ2v) is 5.66. The lowest BCUT2D eigenvalue weighted by Crippen LogP contribution is -2.29. The Morgan fingerprint density at radius 1 is 1.12 bits per heavy atom. The van der Waals surface area contributed by atoms with Crippen LogP contribution in [0.3, 0.4) is 0 Å². The average molecular weight is 336 g/mol. The molecule has 0 saturated heterocycles. The Morgan fingerprint density at radius 3 is 2.76 bits per heavy atom. The number of hydrogen-bond acceptors (Lipinski definition) is 5. The van der Waals surface area contributed by atoms with E-state index in [1.165, 1.54) is 0 Å². The van der Waals surface area contributed by atoms with E-state index in [1.807, 2.05) is 50.4 Å². The maximum atomic E-state index is 12.1. The van der Waals surface area contributed by atoms with Crippen molar-refractivity contribution in [2.45, 2.75) is 13.8 Å². The van der Waals surface area contributed by atoms with Crippen LogP contribution in [0.25, 0.3) is 5.82 Å². The number of benzene rings is 1. The lowest BCUT2D eigenvalue weighted by atomic mass is 10.1. The normalized spacial score (nSPS) is 10.5. The van der Waals surface area contributed by atoms with Gasteiger partial charge < -0.3 is 10.6 Å². The summed E-state index contributed by atoms with van der Waals surface area (Å²) in [6.45, 7) is 4.85. The molecule has 0 aliphatic rings. The standard InChI is InChI=1S/C18H20N6O/c1-13-5-3-6-15(11-13)18(25)20-9-8-19-16-12-17(23-14(2)22-16)24-10-4-7-21-24/h3-7,10-12H,8-9H2,1-2H3,(H,20,25)(H,19,22,23). The van der Waals surface area contributed by atoms with Gasteiger partial charge in [0.05, 0.1) is 0 Å². The third kappa shape index (κ3) is 4.41. The fraction of sp³-hybridized carbons (Fsp3) is 0.222. The molecule has 0 bridgehead atoms. The molecule has 2 aromatic heterocycles. The van der Waals surface area contributed by atoms with E-state index < -0.39 is 0 Å². The summed E-state index contributed by atoms with van der Waals surface area (Å²) in [5.74, 6) is 1.97. The third-order valence-corrected chi connectivity index (χ3v) is 3.56. The van der Waals surface area contributed by atoms with Crippen molar-refractivity contribution >= 4 is 11.7 Å². The van der Waals surface area contributed by atoms with Gasteiger partial charge in [-0.1, -0.05) is 17.7 Å². The highest BCUT2D eigenvalue weighted by molar-refractivity contribution is 5.94. The number of anilines is 1. The van der Waals surface area contributed by atoms with Crippen LogP contribution >= 0.6 is 0 Å². The van der Waals surface area contributed by atoms with E-state index in [1.54, 1.807) is 16.9 Å². The third-order valence-electron chi connectivity index (χ3n) is 3.56. The van der Waals surface area contributed by atoms with Crippen LogP contribution in [-0.2, 0) is 0 Å². The van der Waals surface area contributed by atoms with Crippen molar-refractivity contribution in [2.24, 2.45) is 0 Å². The molecule has 3 rings (SSSR count). The van der Waals surface area contributed by atoms with Gasteiger partial charge in [0.1, 0.15) is 11.6 Å². The second kappa shape index (κ2) is 7.57. The fourth-order valence-corrected chi connectivity index (χ4v) is 2.42. The maximum absolute atomic E-state index is 12.1. The zero-order chi connectivity index (χ0) is 17.6. The van der Waals surface area contributed by atoms with Gasteiger partial charge in [-0.3, -0.25) is 4.79 Å². The van der Waals surface area contributed by atoms with Gasteiger partial charge in [-0.25, -0.2) is 14.6 Å². The Labute approximate surface area is 146 Å². The van der Waals surface area contributed by atoms with Crippen LogP contribution < -0.4 is 10.6 Å². The van der Waals surface area contributed by atoms with E-state index >= 15 is 0 Å². The zero-order valence-corrected chi connectivity index (χ0v) is 14.2. The van der Waals surface area contributed by atoms with Gasteiger partial charge in [0.15, 0.2) is 5.82 Å². The van der Waals surface area contributed by atoms with Crippen molar-refractivity contribution in [2.75, 3.05) is 18.4 Å². The molecule has 2 N–H and O–H groups in total. The van der Waals surface area contributed by atoms with E-state index in [9.17, 15) is 4.79 Å². The maximum Gasteiger partial charge on any atom is 0.251 e. The van der Waals surface area contributed by atoms with Crippen LogP contribution in [0.15, 0.2) is 48.8 Å². The molecule has 128 valence electrons. The summed E-state index contributed by atoms with van der Waals surface area (Å²) in [4.78, 5) is 20.8. The van der Waals surface area contributed by atoms with Gasteiger partial charge in [0.25, 0.3) is 5.91 Å². The van der Waals surface area contributed by atoms with Gasteiger partial charge in [-0.2, -0.15) is 5.10 Å². The van der Waals surface area contributed by atoms with Crippen molar-refractivity contribution in [3.63, 3.8) is 0 Å². The number of carbonyl (C=O) groups excluding carboxylic acids is 1. The Hall–Kier alpha value is -3.22. The molecular weight excluding hydrogens is 316 g/mol. The molecule has 0 fully saturated rings. The molecule has 7 heteroatoms. The average Bonchev–Trinajstić information content (AvgIpc) is 3.13. The largest absolute Gasteiger partial charge is 0.368 e. The molecule has 0 aliphatic heterocycles. The minimum atomic E-state index is -0.0819. The predicted octanol–water partition coefficient (Wildman–Crippen LogP) is 2.12. The number of amides is 1. The molecule has 0 atom stereocenters. The van der Waals surface area contributed by atoms with Crippen LogP contribution in [0, 0.1) is 13.8 Å². The summed E-state index contributed by atoms with van der Waals surface area (Å²) >= 11 is 0. The topological polar surface area (TPSA) is 84.7 Å². The zero-order valence-electron chi connectivity index (χ0n) is 14.2. The molecule has 3 aromatic rings. The minimum Gasteiger partial charge on any atom is -0.368 e. The summed E-state index contributed by atoms with van der Waals surface area (Å²) in [7, 11) is 0. The predicted molar refractivity (Wildman–Crippen MR) is 95.9 cm³/mol. The van der Waals surface area contributed by atoms with Crippen molar-refractivity contribution in [3.8, 4) is 5.82 Å². The number of carbonyl (C=O) groups is 1. The first-order valence-corrected chi connectivity index (χ1v) is 8.06. The Balaban J connectivity index is 1.55.